The summed E-state index contributed by atoms with van der Waals surface area (Å²) in [6.07, 6.45) is 0.592. The van der Waals surface area contributed by atoms with E-state index in [1.54, 1.807) is 11.3 Å². The lowest BCUT2D eigenvalue weighted by Gasteiger charge is -2.08. The molecule has 0 fully saturated rings. The van der Waals surface area contributed by atoms with E-state index in [1.807, 2.05) is 30.3 Å². The lowest BCUT2D eigenvalue weighted by Crippen LogP contribution is -1.99. The zero-order valence-corrected chi connectivity index (χ0v) is 10.3. The quantitative estimate of drug-likeness (QED) is 0.725. The molecule has 0 aliphatic rings. The highest BCUT2D eigenvalue weighted by Gasteiger charge is 2.08. The van der Waals surface area contributed by atoms with Gasteiger partial charge in [0.25, 0.3) is 0 Å². The van der Waals surface area contributed by atoms with E-state index in [9.17, 15) is 0 Å². The second kappa shape index (κ2) is 5.31. The first kappa shape index (κ1) is 12.1. The highest BCUT2D eigenvalue weighted by Crippen LogP contribution is 2.33. The topological polar surface area (TPSA) is 72.3 Å². The van der Waals surface area contributed by atoms with Crippen molar-refractivity contribution < 1.29 is 5.11 Å². The molecule has 0 amide bonds. The van der Waals surface area contributed by atoms with Crippen LogP contribution in [-0.2, 0) is 13.0 Å². The summed E-state index contributed by atoms with van der Waals surface area (Å²) in [7, 11) is 0. The van der Waals surface area contributed by atoms with E-state index < -0.39 is 0 Å². The van der Waals surface area contributed by atoms with E-state index in [0.717, 1.165) is 26.6 Å². The summed E-state index contributed by atoms with van der Waals surface area (Å²) in [4.78, 5) is 2.27. The van der Waals surface area contributed by atoms with Crippen LogP contribution < -0.4 is 11.5 Å². The molecule has 5 N–H and O–H groups in total. The Morgan fingerprint density at radius 1 is 1.18 bits per heavy atom. The second-order valence-electron chi connectivity index (χ2n) is 3.82. The molecule has 1 heterocycles. The van der Waals surface area contributed by atoms with Gasteiger partial charge in [-0.2, -0.15) is 0 Å². The highest BCUT2D eigenvalue weighted by molar-refractivity contribution is 7.15. The number of rotatable bonds is 4. The minimum atomic E-state index is 0.117. The smallest absolute Gasteiger partial charge is 0.0472 e. The second-order valence-corrected chi connectivity index (χ2v) is 4.99. The van der Waals surface area contributed by atoms with Crippen molar-refractivity contribution in [3.8, 4) is 10.4 Å². The van der Waals surface area contributed by atoms with Gasteiger partial charge >= 0.3 is 0 Å². The van der Waals surface area contributed by atoms with Crippen LogP contribution in [0.25, 0.3) is 10.4 Å². The van der Waals surface area contributed by atoms with Gasteiger partial charge in [-0.1, -0.05) is 18.2 Å². The molecule has 2 rings (SSSR count). The van der Waals surface area contributed by atoms with E-state index in [1.165, 1.54) is 0 Å². The zero-order valence-electron chi connectivity index (χ0n) is 9.52. The number of benzene rings is 1. The molecule has 0 bridgehead atoms. The lowest BCUT2D eigenvalue weighted by atomic mass is 10.0. The Morgan fingerprint density at radius 2 is 2.00 bits per heavy atom. The molecule has 0 atom stereocenters. The summed E-state index contributed by atoms with van der Waals surface area (Å²) >= 11 is 1.66. The van der Waals surface area contributed by atoms with E-state index in [-0.39, 0.29) is 6.61 Å². The third kappa shape index (κ3) is 2.49. The van der Waals surface area contributed by atoms with Gasteiger partial charge in [0.2, 0.25) is 0 Å². The Balaban J connectivity index is 2.41. The Morgan fingerprint density at radius 3 is 2.65 bits per heavy atom. The van der Waals surface area contributed by atoms with Crippen LogP contribution in [0, 0.1) is 0 Å². The van der Waals surface area contributed by atoms with E-state index in [4.69, 9.17) is 16.6 Å². The molecule has 90 valence electrons. The Bertz CT molecular complexity index is 508. The van der Waals surface area contributed by atoms with Gasteiger partial charge in [0, 0.05) is 34.2 Å². The third-order valence-electron chi connectivity index (χ3n) is 2.71. The first-order valence-corrected chi connectivity index (χ1v) is 6.35. The monoisotopic (exact) mass is 248 g/mol. The maximum absolute atomic E-state index is 8.98. The minimum absolute atomic E-state index is 0.117. The molecule has 0 aliphatic heterocycles. The van der Waals surface area contributed by atoms with Crippen molar-refractivity contribution >= 4 is 17.0 Å². The molecular weight excluding hydrogens is 232 g/mol. The fraction of sp³-hybridized carbons (Fsp3) is 0.231. The Hall–Kier alpha value is -1.36. The number of para-hydroxylation sites is 1. The fourth-order valence-corrected chi connectivity index (χ4v) is 2.72. The molecule has 4 heteroatoms. The van der Waals surface area contributed by atoms with Crippen LogP contribution in [-0.4, -0.2) is 11.7 Å². The molecule has 0 saturated heterocycles. The fourth-order valence-electron chi connectivity index (χ4n) is 1.80. The van der Waals surface area contributed by atoms with Crippen LogP contribution in [0.2, 0.25) is 0 Å². The standard InChI is InChI=1S/C13H16N2OS/c14-8-10-4-5-12(17-10)11-3-1-2-9(6-7-16)13(11)15/h1-5,16H,6-8,14-15H2. The van der Waals surface area contributed by atoms with E-state index >= 15 is 0 Å². The number of thiophene rings is 1. The van der Waals surface area contributed by atoms with Crippen molar-refractivity contribution in [2.45, 2.75) is 13.0 Å². The number of anilines is 1. The SMILES string of the molecule is NCc1ccc(-c2cccc(CCO)c2N)s1. The summed E-state index contributed by atoms with van der Waals surface area (Å²) in [5.41, 5.74) is 14.5. The summed E-state index contributed by atoms with van der Waals surface area (Å²) in [6.45, 7) is 0.674. The van der Waals surface area contributed by atoms with Gasteiger partial charge in [0.1, 0.15) is 0 Å². The molecule has 0 spiro atoms. The van der Waals surface area contributed by atoms with Gasteiger partial charge in [-0.3, -0.25) is 0 Å². The van der Waals surface area contributed by atoms with Crippen LogP contribution in [0.1, 0.15) is 10.4 Å². The minimum Gasteiger partial charge on any atom is -0.398 e. The van der Waals surface area contributed by atoms with Crippen LogP contribution in [0.3, 0.4) is 0 Å². The van der Waals surface area contributed by atoms with Gasteiger partial charge in [-0.15, -0.1) is 11.3 Å². The summed E-state index contributed by atoms with van der Waals surface area (Å²) in [6, 6.07) is 9.99. The molecule has 3 nitrogen and oxygen atoms in total. The zero-order chi connectivity index (χ0) is 12.3. The van der Waals surface area contributed by atoms with Gasteiger partial charge in [0.15, 0.2) is 0 Å². The number of aliphatic hydroxyl groups is 1. The van der Waals surface area contributed by atoms with Gasteiger partial charge < -0.3 is 16.6 Å². The van der Waals surface area contributed by atoms with E-state index in [0.29, 0.717) is 13.0 Å². The number of nitrogens with two attached hydrogens (primary N) is 2. The molecule has 0 radical (unpaired) electrons. The number of nitrogen functional groups attached to an aromatic ring is 1. The van der Waals surface area contributed by atoms with Crippen molar-refractivity contribution in [1.82, 2.24) is 0 Å². The maximum atomic E-state index is 8.98. The van der Waals surface area contributed by atoms with Crippen molar-refractivity contribution in [3.63, 3.8) is 0 Å². The van der Waals surface area contributed by atoms with Crippen molar-refractivity contribution in [2.75, 3.05) is 12.3 Å². The Labute approximate surface area is 105 Å². The molecule has 1 aromatic carbocycles. The van der Waals surface area contributed by atoms with Crippen molar-refractivity contribution in [3.05, 3.63) is 40.8 Å². The summed E-state index contributed by atoms with van der Waals surface area (Å²) in [5, 5.41) is 8.98. The largest absolute Gasteiger partial charge is 0.398 e. The highest BCUT2D eigenvalue weighted by atomic mass is 32.1. The van der Waals surface area contributed by atoms with Crippen LogP contribution in [0.15, 0.2) is 30.3 Å². The van der Waals surface area contributed by atoms with Crippen molar-refractivity contribution in [2.24, 2.45) is 5.73 Å². The van der Waals surface area contributed by atoms with Crippen molar-refractivity contribution in [1.29, 1.82) is 0 Å². The predicted octanol–water partition coefficient (Wildman–Crippen LogP) is 1.99. The molecule has 2 aromatic rings. The average Bonchev–Trinajstić information content (AvgIpc) is 2.80. The molecule has 0 saturated carbocycles. The van der Waals surface area contributed by atoms with Crippen LogP contribution >= 0.6 is 11.3 Å². The molecule has 1 aromatic heterocycles. The first-order valence-electron chi connectivity index (χ1n) is 5.53. The molecule has 0 aliphatic carbocycles. The number of hydrogen-bond donors (Lipinski definition) is 3. The third-order valence-corrected chi connectivity index (χ3v) is 3.85. The number of aliphatic hydroxyl groups excluding tert-OH is 1. The van der Waals surface area contributed by atoms with E-state index in [2.05, 4.69) is 0 Å². The van der Waals surface area contributed by atoms with Gasteiger partial charge in [0.05, 0.1) is 0 Å². The molecule has 0 unspecified atom stereocenters. The Kier molecular flexibility index (Phi) is 3.78. The van der Waals surface area contributed by atoms with Crippen LogP contribution in [0.5, 0.6) is 0 Å². The van der Waals surface area contributed by atoms with Gasteiger partial charge in [-0.25, -0.2) is 0 Å². The molecule has 17 heavy (non-hydrogen) atoms. The first-order chi connectivity index (χ1) is 8.26. The number of hydrogen-bond acceptors (Lipinski definition) is 4. The summed E-state index contributed by atoms with van der Waals surface area (Å²) in [5.74, 6) is 0. The summed E-state index contributed by atoms with van der Waals surface area (Å²) < 4.78 is 0. The molecular formula is C13H16N2OS. The van der Waals surface area contributed by atoms with Gasteiger partial charge in [-0.05, 0) is 24.1 Å². The normalized spacial score (nSPS) is 10.7. The maximum Gasteiger partial charge on any atom is 0.0472 e. The predicted molar refractivity (Wildman–Crippen MR) is 72.8 cm³/mol. The lowest BCUT2D eigenvalue weighted by molar-refractivity contribution is 0.300. The average molecular weight is 248 g/mol. The van der Waals surface area contributed by atoms with Crippen LogP contribution in [0.4, 0.5) is 5.69 Å².